The number of anilines is 1. The fraction of sp³-hybridized carbons (Fsp3) is 0.188. The molecule has 0 aliphatic carbocycles. The quantitative estimate of drug-likeness (QED) is 0.113. The number of halogens is 3. The van der Waals surface area contributed by atoms with Gasteiger partial charge in [0.1, 0.15) is 18.9 Å². The molecule has 0 spiro atoms. The number of methoxy groups -OCH3 is 1. The van der Waals surface area contributed by atoms with Crippen LogP contribution in [0.2, 0.25) is 10.0 Å². The second kappa shape index (κ2) is 15.5. The van der Waals surface area contributed by atoms with Crippen molar-refractivity contribution in [1.29, 1.82) is 0 Å². The lowest BCUT2D eigenvalue weighted by molar-refractivity contribution is -0.119. The topological polar surface area (TPSA) is 107 Å². The molecule has 0 saturated heterocycles. The molecule has 1 N–H and O–H groups in total. The Morgan fingerprint density at radius 1 is 1.00 bits per heavy atom. The summed E-state index contributed by atoms with van der Waals surface area (Å²) in [5, 5.41) is 5.05. The molecule has 0 saturated carbocycles. The Morgan fingerprint density at radius 2 is 1.73 bits per heavy atom. The Kier molecular flexibility index (Phi) is 11.7. The van der Waals surface area contributed by atoms with Crippen molar-refractivity contribution in [3.05, 3.63) is 110 Å². The summed E-state index contributed by atoms with van der Waals surface area (Å²) in [5.74, 6) is 0.503. The zero-order chi connectivity index (χ0) is 32.6. The maximum Gasteiger partial charge on any atom is 0.264 e. The summed E-state index contributed by atoms with van der Waals surface area (Å²) in [7, 11) is -2.65. The van der Waals surface area contributed by atoms with Gasteiger partial charge in [-0.1, -0.05) is 59.1 Å². The van der Waals surface area contributed by atoms with Crippen molar-refractivity contribution >= 4 is 67.0 Å². The highest BCUT2D eigenvalue weighted by atomic mass is 79.9. The number of hydrogen-bond donors (Lipinski definition) is 1. The summed E-state index contributed by atoms with van der Waals surface area (Å²) in [6, 6.07) is 21.6. The molecule has 1 amide bonds. The molecule has 0 radical (unpaired) electrons. The smallest absolute Gasteiger partial charge is 0.264 e. The largest absolute Gasteiger partial charge is 0.493 e. The van der Waals surface area contributed by atoms with Gasteiger partial charge >= 0.3 is 0 Å². The highest BCUT2D eigenvalue weighted by Gasteiger charge is 2.29. The van der Waals surface area contributed by atoms with Gasteiger partial charge in [-0.05, 0) is 83.9 Å². The monoisotopic (exact) mass is 733 g/mol. The lowest BCUT2D eigenvalue weighted by Gasteiger charge is -2.25. The third-order valence-corrected chi connectivity index (χ3v) is 9.32. The van der Waals surface area contributed by atoms with Gasteiger partial charge in [-0.3, -0.25) is 9.10 Å². The minimum atomic E-state index is -4.14. The van der Waals surface area contributed by atoms with Crippen LogP contribution in [0.4, 0.5) is 5.69 Å². The molecule has 0 aliphatic heterocycles. The Bertz CT molecular complexity index is 1800. The number of nitrogens with one attached hydrogen (secondary N) is 1. The summed E-state index contributed by atoms with van der Waals surface area (Å²) < 4.78 is 46.2. The zero-order valence-corrected chi connectivity index (χ0v) is 28.5. The van der Waals surface area contributed by atoms with E-state index < -0.39 is 22.5 Å². The van der Waals surface area contributed by atoms with Crippen molar-refractivity contribution in [2.45, 2.75) is 25.3 Å². The molecule has 0 atom stereocenters. The van der Waals surface area contributed by atoms with Crippen LogP contribution in [0.25, 0.3) is 0 Å². The van der Waals surface area contributed by atoms with Crippen LogP contribution in [0, 0.1) is 6.92 Å². The molecule has 0 aliphatic rings. The lowest BCUT2D eigenvalue weighted by atomic mass is 10.2. The number of amides is 1. The standard InChI is InChI=1S/C32H30BrCl2N3O6S/c1-4-43-29-8-6-5-7-28(29)38(45(40,41)25-13-9-21(2)10-14-25)19-31(39)37-36-18-22-15-26(33)32(30(16-22)42-3)44-20-23-11-12-24(34)17-27(23)35/h5-18H,4,19-20H2,1-3H3,(H,37,39)/b36-18+. The number of sulfonamides is 1. The first-order chi connectivity index (χ1) is 21.5. The summed E-state index contributed by atoms with van der Waals surface area (Å²) >= 11 is 15.7. The van der Waals surface area contributed by atoms with E-state index in [1.165, 1.54) is 25.5 Å². The SMILES string of the molecule is CCOc1ccccc1N(CC(=O)N/N=C/c1cc(Br)c(OCc2ccc(Cl)cc2Cl)c(OC)c1)S(=O)(=O)c1ccc(C)cc1. The average molecular weight is 735 g/mol. The molecule has 0 fully saturated rings. The van der Waals surface area contributed by atoms with Gasteiger partial charge in [0.15, 0.2) is 11.5 Å². The fourth-order valence-corrected chi connectivity index (χ4v) is 6.63. The first kappa shape index (κ1) is 34.1. The van der Waals surface area contributed by atoms with Crippen molar-refractivity contribution in [2.75, 3.05) is 24.6 Å². The molecular formula is C32H30BrCl2N3O6S. The van der Waals surface area contributed by atoms with E-state index in [4.69, 9.17) is 37.4 Å². The maximum atomic E-state index is 13.8. The van der Waals surface area contributed by atoms with E-state index in [-0.39, 0.29) is 17.2 Å². The van der Waals surface area contributed by atoms with Crippen LogP contribution < -0.4 is 23.9 Å². The number of benzene rings is 4. The number of aryl methyl sites for hydroxylation is 1. The van der Waals surface area contributed by atoms with Gasteiger partial charge in [0.2, 0.25) is 0 Å². The third kappa shape index (κ3) is 8.70. The number of para-hydroxylation sites is 2. The molecule has 236 valence electrons. The molecule has 4 aromatic carbocycles. The van der Waals surface area contributed by atoms with Gasteiger partial charge in [0.05, 0.1) is 35.0 Å². The molecule has 4 aromatic rings. The molecule has 13 heteroatoms. The van der Waals surface area contributed by atoms with Gasteiger partial charge in [-0.2, -0.15) is 5.10 Å². The number of hydrogen-bond acceptors (Lipinski definition) is 7. The summed E-state index contributed by atoms with van der Waals surface area (Å²) in [6.45, 7) is 3.58. The van der Waals surface area contributed by atoms with Gasteiger partial charge in [-0.15, -0.1) is 0 Å². The zero-order valence-electron chi connectivity index (χ0n) is 24.6. The van der Waals surface area contributed by atoms with Crippen molar-refractivity contribution in [3.63, 3.8) is 0 Å². The van der Waals surface area contributed by atoms with Gasteiger partial charge in [0.25, 0.3) is 15.9 Å². The molecule has 0 bridgehead atoms. The van der Waals surface area contributed by atoms with E-state index in [0.29, 0.717) is 43.9 Å². The fourth-order valence-electron chi connectivity index (χ4n) is 4.17. The highest BCUT2D eigenvalue weighted by molar-refractivity contribution is 9.10. The predicted molar refractivity (Wildman–Crippen MR) is 181 cm³/mol. The Labute approximate surface area is 280 Å². The number of ether oxygens (including phenoxy) is 3. The second-order valence-electron chi connectivity index (χ2n) is 9.58. The molecule has 0 aromatic heterocycles. The van der Waals surface area contributed by atoms with Crippen LogP contribution in [0.5, 0.6) is 17.2 Å². The highest BCUT2D eigenvalue weighted by Crippen LogP contribution is 2.37. The molecule has 45 heavy (non-hydrogen) atoms. The first-order valence-corrected chi connectivity index (χ1v) is 16.6. The average Bonchev–Trinajstić information content (AvgIpc) is 3.00. The van der Waals surface area contributed by atoms with Crippen LogP contribution in [0.1, 0.15) is 23.6 Å². The van der Waals surface area contributed by atoms with Crippen LogP contribution in [0.15, 0.2) is 93.3 Å². The molecule has 0 heterocycles. The lowest BCUT2D eigenvalue weighted by Crippen LogP contribution is -2.39. The summed E-state index contributed by atoms with van der Waals surface area (Å²) in [4.78, 5) is 13.1. The Morgan fingerprint density at radius 3 is 2.42 bits per heavy atom. The van der Waals surface area contributed by atoms with Gasteiger partial charge < -0.3 is 14.2 Å². The first-order valence-electron chi connectivity index (χ1n) is 13.6. The van der Waals surface area contributed by atoms with Crippen molar-refractivity contribution in [1.82, 2.24) is 5.43 Å². The number of carbonyl (C=O) groups excluding carboxylic acids is 1. The van der Waals surface area contributed by atoms with E-state index in [1.807, 2.05) is 6.92 Å². The van der Waals surface area contributed by atoms with E-state index in [1.54, 1.807) is 73.7 Å². The predicted octanol–water partition coefficient (Wildman–Crippen LogP) is 7.40. The molecule has 9 nitrogen and oxygen atoms in total. The molecule has 4 rings (SSSR count). The van der Waals surface area contributed by atoms with Crippen molar-refractivity contribution in [2.24, 2.45) is 5.10 Å². The van der Waals surface area contributed by atoms with E-state index in [9.17, 15) is 13.2 Å². The van der Waals surface area contributed by atoms with Gasteiger partial charge in [0, 0.05) is 15.6 Å². The van der Waals surface area contributed by atoms with Crippen molar-refractivity contribution < 1.29 is 27.4 Å². The minimum absolute atomic E-state index is 0.0355. The van der Waals surface area contributed by atoms with E-state index in [0.717, 1.165) is 15.4 Å². The molecular weight excluding hydrogens is 705 g/mol. The van der Waals surface area contributed by atoms with E-state index >= 15 is 0 Å². The Hall–Kier alpha value is -3.77. The normalized spacial score (nSPS) is 11.3. The van der Waals surface area contributed by atoms with Crippen LogP contribution >= 0.6 is 39.1 Å². The van der Waals surface area contributed by atoms with Crippen LogP contribution in [-0.4, -0.2) is 40.8 Å². The van der Waals surface area contributed by atoms with Gasteiger partial charge in [-0.25, -0.2) is 13.8 Å². The van der Waals surface area contributed by atoms with Crippen LogP contribution in [0.3, 0.4) is 0 Å². The third-order valence-electron chi connectivity index (χ3n) is 6.37. The van der Waals surface area contributed by atoms with E-state index in [2.05, 4.69) is 26.5 Å². The summed E-state index contributed by atoms with van der Waals surface area (Å²) in [6.07, 6.45) is 1.40. The maximum absolute atomic E-state index is 13.8. The minimum Gasteiger partial charge on any atom is -0.493 e. The number of hydrazone groups is 1. The number of nitrogens with zero attached hydrogens (tertiary/aromatic N) is 2. The number of carbonyl (C=O) groups is 1. The van der Waals surface area contributed by atoms with Crippen molar-refractivity contribution in [3.8, 4) is 17.2 Å². The van der Waals surface area contributed by atoms with Crippen LogP contribution in [-0.2, 0) is 21.4 Å². The Balaban J connectivity index is 1.52. The second-order valence-corrected chi connectivity index (χ2v) is 13.1. The summed E-state index contributed by atoms with van der Waals surface area (Å²) in [5.41, 5.74) is 4.85. The molecule has 0 unspecified atom stereocenters. The number of rotatable bonds is 13.